The Hall–Kier alpha value is -3.14. The molecule has 1 atom stereocenters. The van der Waals surface area contributed by atoms with Crippen LogP contribution < -0.4 is 9.62 Å². The first-order chi connectivity index (χ1) is 19.0. The van der Waals surface area contributed by atoms with Crippen LogP contribution in [-0.4, -0.2) is 44.3 Å². The van der Waals surface area contributed by atoms with Gasteiger partial charge in [0.15, 0.2) is 0 Å². The Labute approximate surface area is 244 Å². The van der Waals surface area contributed by atoms with Crippen molar-refractivity contribution in [3.05, 3.63) is 93.7 Å². The van der Waals surface area contributed by atoms with E-state index in [9.17, 15) is 22.4 Å². The molecular weight excluding hydrogens is 576 g/mol. The number of anilines is 1. The van der Waals surface area contributed by atoms with Crippen LogP contribution in [0, 0.1) is 12.7 Å². The first kappa shape index (κ1) is 31.4. The maximum Gasteiger partial charge on any atom is 0.264 e. The van der Waals surface area contributed by atoms with Crippen molar-refractivity contribution in [2.24, 2.45) is 0 Å². The van der Waals surface area contributed by atoms with Crippen LogP contribution >= 0.6 is 23.2 Å². The monoisotopic (exact) mass is 607 g/mol. The van der Waals surface area contributed by atoms with Gasteiger partial charge in [-0.25, -0.2) is 12.8 Å². The van der Waals surface area contributed by atoms with Gasteiger partial charge in [0.05, 0.1) is 20.6 Å². The van der Waals surface area contributed by atoms with Gasteiger partial charge in [0.25, 0.3) is 10.0 Å². The molecule has 3 aromatic carbocycles. The van der Waals surface area contributed by atoms with Crippen molar-refractivity contribution in [1.29, 1.82) is 0 Å². The summed E-state index contributed by atoms with van der Waals surface area (Å²) in [6.07, 6.45) is 0.980. The summed E-state index contributed by atoms with van der Waals surface area (Å²) in [5.74, 6) is -1.42. The lowest BCUT2D eigenvalue weighted by molar-refractivity contribution is -0.140. The van der Waals surface area contributed by atoms with E-state index in [2.05, 4.69) is 5.32 Å². The van der Waals surface area contributed by atoms with E-state index in [1.165, 1.54) is 59.5 Å². The molecule has 0 aliphatic carbocycles. The molecule has 11 heteroatoms. The zero-order valence-electron chi connectivity index (χ0n) is 22.5. The number of carbonyl (C=O) groups excluding carboxylic acids is 2. The molecule has 0 heterocycles. The minimum Gasteiger partial charge on any atom is -0.354 e. The predicted molar refractivity (Wildman–Crippen MR) is 157 cm³/mol. The molecule has 1 N–H and O–H groups in total. The highest BCUT2D eigenvalue weighted by Crippen LogP contribution is 2.31. The molecule has 0 saturated heterocycles. The van der Waals surface area contributed by atoms with E-state index in [1.807, 2.05) is 13.8 Å². The van der Waals surface area contributed by atoms with Crippen LogP contribution in [-0.2, 0) is 26.2 Å². The summed E-state index contributed by atoms with van der Waals surface area (Å²) >= 11 is 12.3. The zero-order chi connectivity index (χ0) is 29.4. The SMILES string of the molecule is CCCNC(=O)[C@H](CC)N(Cc1ccc(F)cc1)C(=O)CN(c1ccc(Cl)c(Cl)c1)S(=O)(=O)c1ccc(C)cc1. The number of nitrogens with one attached hydrogen (secondary N) is 1. The molecule has 0 aliphatic heterocycles. The van der Waals surface area contributed by atoms with Crippen molar-refractivity contribution in [3.63, 3.8) is 0 Å². The quantitative estimate of drug-likeness (QED) is 0.275. The van der Waals surface area contributed by atoms with Gasteiger partial charge in [-0.1, -0.05) is 66.9 Å². The average molecular weight is 609 g/mol. The second-order valence-electron chi connectivity index (χ2n) is 9.29. The molecular formula is C29H32Cl2FN3O4S. The molecule has 0 saturated carbocycles. The van der Waals surface area contributed by atoms with Crippen molar-refractivity contribution in [3.8, 4) is 0 Å². The number of halogens is 3. The second-order valence-corrected chi connectivity index (χ2v) is 12.0. The lowest BCUT2D eigenvalue weighted by Crippen LogP contribution is -2.52. The topological polar surface area (TPSA) is 86.8 Å². The summed E-state index contributed by atoms with van der Waals surface area (Å²) in [7, 11) is -4.24. The van der Waals surface area contributed by atoms with E-state index in [-0.39, 0.29) is 39.5 Å². The van der Waals surface area contributed by atoms with Gasteiger partial charge in [-0.05, 0) is 67.8 Å². The average Bonchev–Trinajstić information content (AvgIpc) is 2.93. The molecule has 40 heavy (non-hydrogen) atoms. The predicted octanol–water partition coefficient (Wildman–Crippen LogP) is 5.97. The van der Waals surface area contributed by atoms with Gasteiger partial charge in [-0.15, -0.1) is 0 Å². The highest BCUT2D eigenvalue weighted by atomic mass is 35.5. The molecule has 3 rings (SSSR count). The zero-order valence-corrected chi connectivity index (χ0v) is 24.9. The molecule has 0 unspecified atom stereocenters. The lowest BCUT2D eigenvalue weighted by atomic mass is 10.1. The summed E-state index contributed by atoms with van der Waals surface area (Å²) in [5.41, 5.74) is 1.58. The number of hydrogen-bond acceptors (Lipinski definition) is 4. The van der Waals surface area contributed by atoms with Crippen LogP contribution in [0.4, 0.5) is 10.1 Å². The third-order valence-electron chi connectivity index (χ3n) is 6.28. The summed E-state index contributed by atoms with van der Waals surface area (Å²) in [5, 5.41) is 3.16. The number of sulfonamides is 1. The fourth-order valence-electron chi connectivity index (χ4n) is 4.08. The van der Waals surface area contributed by atoms with Crippen LogP contribution in [0.3, 0.4) is 0 Å². The van der Waals surface area contributed by atoms with Crippen molar-refractivity contribution in [2.75, 3.05) is 17.4 Å². The summed E-state index contributed by atoms with van der Waals surface area (Å²) < 4.78 is 42.3. The lowest BCUT2D eigenvalue weighted by Gasteiger charge is -2.33. The largest absolute Gasteiger partial charge is 0.354 e. The Bertz CT molecular complexity index is 1430. The van der Waals surface area contributed by atoms with Crippen LogP contribution in [0.15, 0.2) is 71.6 Å². The Morgan fingerprint density at radius 1 is 0.950 bits per heavy atom. The highest BCUT2D eigenvalue weighted by molar-refractivity contribution is 7.92. The molecule has 0 bridgehead atoms. The maximum absolute atomic E-state index is 14.0. The molecule has 0 aromatic heterocycles. The standard InChI is InChI=1S/C29H32Cl2FN3O4S/c1-4-16-33-29(37)27(5-2)34(18-21-8-10-22(32)11-9-21)28(36)19-35(23-12-15-25(30)26(31)17-23)40(38,39)24-13-6-20(3)7-14-24/h6-15,17,27H,4-5,16,18-19H2,1-3H3,(H,33,37)/t27-/m0/s1. The minimum absolute atomic E-state index is 0.0187. The van der Waals surface area contributed by atoms with Gasteiger partial charge in [0.2, 0.25) is 11.8 Å². The molecule has 0 aliphatic rings. The Balaban J connectivity index is 2.07. The van der Waals surface area contributed by atoms with E-state index in [4.69, 9.17) is 23.2 Å². The van der Waals surface area contributed by atoms with E-state index < -0.39 is 34.3 Å². The first-order valence-electron chi connectivity index (χ1n) is 12.8. The van der Waals surface area contributed by atoms with Gasteiger partial charge in [0.1, 0.15) is 18.4 Å². The Morgan fingerprint density at radius 2 is 1.60 bits per heavy atom. The highest BCUT2D eigenvalue weighted by Gasteiger charge is 2.33. The van der Waals surface area contributed by atoms with Crippen LogP contribution in [0.5, 0.6) is 0 Å². The third-order valence-corrected chi connectivity index (χ3v) is 8.81. The summed E-state index contributed by atoms with van der Waals surface area (Å²) in [4.78, 5) is 28.4. The van der Waals surface area contributed by atoms with Crippen molar-refractivity contribution in [2.45, 2.75) is 51.1 Å². The molecule has 7 nitrogen and oxygen atoms in total. The fourth-order valence-corrected chi connectivity index (χ4v) is 5.78. The van der Waals surface area contributed by atoms with Gasteiger partial charge in [0, 0.05) is 13.1 Å². The van der Waals surface area contributed by atoms with E-state index in [1.54, 1.807) is 19.1 Å². The molecule has 2 amide bonds. The summed E-state index contributed by atoms with van der Waals surface area (Å²) in [6.45, 7) is 5.28. The number of hydrogen-bond donors (Lipinski definition) is 1. The summed E-state index contributed by atoms with van der Waals surface area (Å²) in [6, 6.07) is 15.2. The van der Waals surface area contributed by atoms with Gasteiger partial charge in [-0.2, -0.15) is 0 Å². The molecule has 0 fully saturated rings. The maximum atomic E-state index is 14.0. The van der Waals surface area contributed by atoms with Crippen LogP contribution in [0.1, 0.15) is 37.8 Å². The fraction of sp³-hybridized carbons (Fsp3) is 0.310. The van der Waals surface area contributed by atoms with Crippen molar-refractivity contribution in [1.82, 2.24) is 10.2 Å². The Morgan fingerprint density at radius 3 is 2.17 bits per heavy atom. The second kappa shape index (κ2) is 14.0. The smallest absolute Gasteiger partial charge is 0.264 e. The number of rotatable bonds is 12. The Kier molecular flexibility index (Phi) is 11.0. The number of carbonyl (C=O) groups is 2. The molecule has 3 aromatic rings. The van der Waals surface area contributed by atoms with Crippen molar-refractivity contribution < 1.29 is 22.4 Å². The van der Waals surface area contributed by atoms with Gasteiger partial charge < -0.3 is 10.2 Å². The van der Waals surface area contributed by atoms with Gasteiger partial charge >= 0.3 is 0 Å². The van der Waals surface area contributed by atoms with Crippen LogP contribution in [0.2, 0.25) is 10.0 Å². The number of nitrogens with zero attached hydrogens (tertiary/aromatic N) is 2. The third kappa shape index (κ3) is 7.74. The van der Waals surface area contributed by atoms with E-state index >= 15 is 0 Å². The molecule has 0 radical (unpaired) electrons. The van der Waals surface area contributed by atoms with Gasteiger partial charge in [-0.3, -0.25) is 13.9 Å². The normalized spacial score (nSPS) is 12.1. The number of aryl methyl sites for hydroxylation is 1. The number of benzene rings is 3. The van der Waals surface area contributed by atoms with E-state index in [0.717, 1.165) is 9.87 Å². The van der Waals surface area contributed by atoms with Crippen LogP contribution in [0.25, 0.3) is 0 Å². The number of amides is 2. The van der Waals surface area contributed by atoms with E-state index in [0.29, 0.717) is 18.5 Å². The molecule has 214 valence electrons. The minimum atomic E-state index is -4.24. The van der Waals surface area contributed by atoms with Crippen molar-refractivity contribution >= 4 is 50.7 Å². The molecule has 0 spiro atoms. The first-order valence-corrected chi connectivity index (χ1v) is 15.0.